The molecule has 1 unspecified atom stereocenters. The van der Waals surface area contributed by atoms with Crippen molar-refractivity contribution in [3.05, 3.63) is 35.9 Å². The third kappa shape index (κ3) is 4.79. The Morgan fingerprint density at radius 2 is 1.78 bits per heavy atom. The molecule has 1 aromatic carbocycles. The number of carbonyl (C=O) groups excluding carboxylic acids is 2. The zero-order valence-electron chi connectivity index (χ0n) is 14.0. The Kier molecular flexibility index (Phi) is 7.23. The van der Waals surface area contributed by atoms with E-state index in [4.69, 9.17) is 5.73 Å². The Morgan fingerprint density at radius 3 is 2.30 bits per heavy atom. The molecule has 1 aromatic rings. The van der Waals surface area contributed by atoms with Crippen LogP contribution in [0.5, 0.6) is 0 Å². The first kappa shape index (κ1) is 19.7. The first-order valence-corrected chi connectivity index (χ1v) is 8.13. The van der Waals surface area contributed by atoms with Gasteiger partial charge in [-0.2, -0.15) is 0 Å². The second-order valence-electron chi connectivity index (χ2n) is 6.46. The minimum absolute atomic E-state index is 0. The fourth-order valence-electron chi connectivity index (χ4n) is 3.17. The highest BCUT2D eigenvalue weighted by molar-refractivity contribution is 5.98. The summed E-state index contributed by atoms with van der Waals surface area (Å²) >= 11 is 0. The van der Waals surface area contributed by atoms with Crippen LogP contribution in [-0.2, 0) is 4.79 Å². The third-order valence-corrected chi connectivity index (χ3v) is 4.47. The lowest BCUT2D eigenvalue weighted by Gasteiger charge is -2.36. The summed E-state index contributed by atoms with van der Waals surface area (Å²) in [5.74, 6) is 0.221. The Bertz CT molecular complexity index is 523. The molecule has 1 fully saturated rings. The number of likely N-dealkylation sites (tertiary alicyclic amines) is 1. The fourth-order valence-corrected chi connectivity index (χ4v) is 3.17. The number of piperidine rings is 1. The number of benzene rings is 1. The highest BCUT2D eigenvalue weighted by Gasteiger charge is 2.35. The molecule has 1 atom stereocenters. The number of rotatable bonds is 5. The van der Waals surface area contributed by atoms with Crippen LogP contribution in [0.2, 0.25) is 0 Å². The molecule has 4 nitrogen and oxygen atoms in total. The molecule has 1 heterocycles. The van der Waals surface area contributed by atoms with Crippen molar-refractivity contribution in [2.45, 2.75) is 45.1 Å². The van der Waals surface area contributed by atoms with Crippen LogP contribution in [0.1, 0.15) is 49.9 Å². The molecule has 1 saturated heterocycles. The van der Waals surface area contributed by atoms with E-state index in [0.717, 1.165) is 24.8 Å². The molecule has 23 heavy (non-hydrogen) atoms. The van der Waals surface area contributed by atoms with Gasteiger partial charge in [0, 0.05) is 24.6 Å². The van der Waals surface area contributed by atoms with Gasteiger partial charge in [0.15, 0.2) is 5.78 Å². The molecule has 0 saturated carbocycles. The number of hydrogen-bond donors (Lipinski definition) is 1. The van der Waals surface area contributed by atoms with Crippen molar-refractivity contribution < 1.29 is 9.59 Å². The maximum atomic E-state index is 12.5. The average molecular weight is 339 g/mol. The number of amides is 1. The number of halogens is 1. The molecule has 0 aromatic heterocycles. The molecule has 1 aliphatic heterocycles. The summed E-state index contributed by atoms with van der Waals surface area (Å²) in [6.45, 7) is 5.08. The lowest BCUT2D eigenvalue weighted by Crippen LogP contribution is -2.55. The monoisotopic (exact) mass is 338 g/mol. The molecule has 128 valence electrons. The number of nitrogens with two attached hydrogens (primary N) is 1. The lowest BCUT2D eigenvalue weighted by atomic mass is 9.87. The van der Waals surface area contributed by atoms with E-state index >= 15 is 0 Å². The maximum Gasteiger partial charge on any atom is 0.242 e. The van der Waals surface area contributed by atoms with Crippen molar-refractivity contribution in [3.63, 3.8) is 0 Å². The van der Waals surface area contributed by atoms with Crippen molar-refractivity contribution in [1.82, 2.24) is 4.90 Å². The summed E-state index contributed by atoms with van der Waals surface area (Å²) in [4.78, 5) is 26.7. The van der Waals surface area contributed by atoms with E-state index < -0.39 is 5.54 Å². The summed E-state index contributed by atoms with van der Waals surface area (Å²) in [5, 5.41) is 0. The van der Waals surface area contributed by atoms with Gasteiger partial charge in [0.05, 0.1) is 5.54 Å². The standard InChI is InChI=1S/C18H26N2O2.ClH/c1-3-11-18(2,19)17(22)20-12-9-15(10-13-20)16(21)14-7-5-4-6-8-14;/h4-8,15H,3,9-13,19H2,1-2H3;1H. The van der Waals surface area contributed by atoms with Crippen LogP contribution in [0, 0.1) is 5.92 Å². The van der Waals surface area contributed by atoms with E-state index in [1.165, 1.54) is 0 Å². The van der Waals surface area contributed by atoms with E-state index in [9.17, 15) is 9.59 Å². The predicted molar refractivity (Wildman–Crippen MR) is 94.8 cm³/mol. The van der Waals surface area contributed by atoms with Gasteiger partial charge in [-0.25, -0.2) is 0 Å². The number of Topliss-reactive ketones (excluding diaryl/α,β-unsaturated/α-hetero) is 1. The van der Waals surface area contributed by atoms with Crippen LogP contribution in [0.4, 0.5) is 0 Å². The van der Waals surface area contributed by atoms with E-state index in [2.05, 4.69) is 0 Å². The van der Waals surface area contributed by atoms with Crippen LogP contribution in [0.3, 0.4) is 0 Å². The number of ketones is 1. The lowest BCUT2D eigenvalue weighted by molar-refractivity contribution is -0.138. The van der Waals surface area contributed by atoms with Crippen molar-refractivity contribution in [2.24, 2.45) is 11.7 Å². The van der Waals surface area contributed by atoms with Crippen molar-refractivity contribution in [2.75, 3.05) is 13.1 Å². The maximum absolute atomic E-state index is 12.5. The molecular weight excluding hydrogens is 312 g/mol. The normalized spacial score (nSPS) is 18.0. The second kappa shape index (κ2) is 8.46. The number of hydrogen-bond acceptors (Lipinski definition) is 3. The van der Waals surface area contributed by atoms with Gasteiger partial charge in [-0.05, 0) is 26.2 Å². The van der Waals surface area contributed by atoms with Gasteiger partial charge >= 0.3 is 0 Å². The highest BCUT2D eigenvalue weighted by Crippen LogP contribution is 2.24. The van der Waals surface area contributed by atoms with E-state index in [0.29, 0.717) is 19.5 Å². The van der Waals surface area contributed by atoms with Gasteiger partial charge in [0.2, 0.25) is 5.91 Å². The summed E-state index contributed by atoms with van der Waals surface area (Å²) in [5.41, 5.74) is 6.11. The zero-order chi connectivity index (χ0) is 16.2. The fraction of sp³-hybridized carbons (Fsp3) is 0.556. The Morgan fingerprint density at radius 1 is 1.22 bits per heavy atom. The largest absolute Gasteiger partial charge is 0.341 e. The molecule has 0 bridgehead atoms. The average Bonchev–Trinajstić information content (AvgIpc) is 2.54. The van der Waals surface area contributed by atoms with Gasteiger partial charge < -0.3 is 10.6 Å². The molecule has 2 N–H and O–H groups in total. The van der Waals surface area contributed by atoms with Crippen molar-refractivity contribution in [1.29, 1.82) is 0 Å². The summed E-state index contributed by atoms with van der Waals surface area (Å²) in [6, 6.07) is 9.40. The Labute approximate surface area is 144 Å². The minimum Gasteiger partial charge on any atom is -0.341 e. The van der Waals surface area contributed by atoms with Crippen LogP contribution < -0.4 is 5.73 Å². The third-order valence-electron chi connectivity index (χ3n) is 4.47. The van der Waals surface area contributed by atoms with Gasteiger partial charge in [0.25, 0.3) is 0 Å². The van der Waals surface area contributed by atoms with E-state index in [-0.39, 0.29) is 30.0 Å². The van der Waals surface area contributed by atoms with Gasteiger partial charge in [0.1, 0.15) is 0 Å². The second-order valence-corrected chi connectivity index (χ2v) is 6.46. The van der Waals surface area contributed by atoms with Crippen LogP contribution in [0.15, 0.2) is 30.3 Å². The van der Waals surface area contributed by atoms with Crippen LogP contribution in [-0.4, -0.2) is 35.2 Å². The Hall–Kier alpha value is -1.39. The van der Waals surface area contributed by atoms with Gasteiger partial charge in [-0.3, -0.25) is 9.59 Å². The number of nitrogens with zero attached hydrogens (tertiary/aromatic N) is 1. The van der Waals surface area contributed by atoms with E-state index in [1.807, 2.05) is 42.2 Å². The van der Waals surface area contributed by atoms with Crippen LogP contribution in [0.25, 0.3) is 0 Å². The topological polar surface area (TPSA) is 63.4 Å². The molecule has 2 rings (SSSR count). The zero-order valence-corrected chi connectivity index (χ0v) is 14.8. The first-order valence-electron chi connectivity index (χ1n) is 8.13. The highest BCUT2D eigenvalue weighted by atomic mass is 35.5. The van der Waals surface area contributed by atoms with E-state index in [1.54, 1.807) is 6.92 Å². The summed E-state index contributed by atoms with van der Waals surface area (Å²) < 4.78 is 0. The smallest absolute Gasteiger partial charge is 0.242 e. The number of carbonyl (C=O) groups is 2. The molecule has 5 heteroatoms. The predicted octanol–water partition coefficient (Wildman–Crippen LogP) is 3.05. The van der Waals surface area contributed by atoms with Crippen LogP contribution >= 0.6 is 12.4 Å². The van der Waals surface area contributed by atoms with Gasteiger partial charge in [-0.15, -0.1) is 12.4 Å². The Balaban J connectivity index is 0.00000264. The minimum atomic E-state index is -0.787. The molecule has 1 aliphatic rings. The quantitative estimate of drug-likeness (QED) is 0.839. The van der Waals surface area contributed by atoms with Crippen molar-refractivity contribution >= 4 is 24.1 Å². The molecule has 0 aliphatic carbocycles. The first-order chi connectivity index (χ1) is 10.5. The molecular formula is C18H27ClN2O2. The van der Waals surface area contributed by atoms with Crippen molar-refractivity contribution in [3.8, 4) is 0 Å². The summed E-state index contributed by atoms with van der Waals surface area (Å²) in [7, 11) is 0. The van der Waals surface area contributed by atoms with Gasteiger partial charge in [-0.1, -0.05) is 43.7 Å². The molecule has 0 radical (unpaired) electrons. The summed E-state index contributed by atoms with van der Waals surface area (Å²) in [6.07, 6.45) is 3.03. The molecule has 0 spiro atoms. The SMILES string of the molecule is CCCC(C)(N)C(=O)N1CCC(C(=O)c2ccccc2)CC1.Cl. The molecule has 1 amide bonds.